The summed E-state index contributed by atoms with van der Waals surface area (Å²) in [4.78, 5) is 29.1. The third kappa shape index (κ3) is 5.04. The van der Waals surface area contributed by atoms with Crippen LogP contribution in [0, 0.1) is 0 Å². The van der Waals surface area contributed by atoms with Crippen LogP contribution in [0.15, 0.2) is 53.4 Å². The van der Waals surface area contributed by atoms with Gasteiger partial charge in [0.2, 0.25) is 5.66 Å². The standard InChI is InChI=1S/C26H28F3N7O4/c1-24(2)39-14-18(40-24)13-38-23-30-8-6-20(34-23)33-22(37)25(15-4-3-5-16(10-15)26(27,28)29)31-11-19-21(35-25)32-17-7-9-36(19)12-17/h3-6,8,10-11,17-18,31H,7,9,12-14H2,1-2H3,(H,32,35)(H,30,33,34,37)/t17-,18+,25?/m0/s1. The molecule has 0 saturated carbocycles. The van der Waals surface area contributed by atoms with Gasteiger partial charge in [0.15, 0.2) is 5.79 Å². The summed E-state index contributed by atoms with van der Waals surface area (Å²) in [5, 5.41) is 8.84. The van der Waals surface area contributed by atoms with Gasteiger partial charge in [-0.2, -0.15) is 18.2 Å². The number of amides is 1. The van der Waals surface area contributed by atoms with E-state index in [2.05, 4.69) is 30.8 Å². The van der Waals surface area contributed by atoms with E-state index >= 15 is 0 Å². The summed E-state index contributed by atoms with van der Waals surface area (Å²) in [6.07, 6.45) is -1.04. The van der Waals surface area contributed by atoms with Crippen molar-refractivity contribution in [3.63, 3.8) is 0 Å². The fourth-order valence-corrected chi connectivity index (χ4v) is 5.15. The fraction of sp³-hybridized carbons (Fsp3) is 0.462. The van der Waals surface area contributed by atoms with Crippen LogP contribution in [0.2, 0.25) is 0 Å². The van der Waals surface area contributed by atoms with Crippen molar-refractivity contribution in [1.82, 2.24) is 25.5 Å². The van der Waals surface area contributed by atoms with Crippen LogP contribution in [0.25, 0.3) is 0 Å². The van der Waals surface area contributed by atoms with Gasteiger partial charge in [-0.25, -0.2) is 4.98 Å². The van der Waals surface area contributed by atoms with Gasteiger partial charge in [-0.3, -0.25) is 9.79 Å². The van der Waals surface area contributed by atoms with Crippen molar-refractivity contribution < 1.29 is 32.2 Å². The third-order valence-corrected chi connectivity index (χ3v) is 7.09. The highest BCUT2D eigenvalue weighted by atomic mass is 19.4. The lowest BCUT2D eigenvalue weighted by Gasteiger charge is -2.42. The lowest BCUT2D eigenvalue weighted by Crippen LogP contribution is -2.65. The molecule has 14 heteroatoms. The number of hydrogen-bond acceptors (Lipinski definition) is 10. The minimum atomic E-state index is -4.60. The van der Waals surface area contributed by atoms with Gasteiger partial charge in [0.05, 0.1) is 23.9 Å². The van der Waals surface area contributed by atoms with Gasteiger partial charge < -0.3 is 35.1 Å². The Morgan fingerprint density at radius 2 is 2.15 bits per heavy atom. The number of halogens is 3. The lowest BCUT2D eigenvalue weighted by molar-refractivity contribution is -0.141. The van der Waals surface area contributed by atoms with Gasteiger partial charge in [-0.05, 0) is 38.5 Å². The number of carbonyl (C=O) groups is 1. The molecule has 1 amide bonds. The maximum absolute atomic E-state index is 13.9. The second-order valence-corrected chi connectivity index (χ2v) is 10.4. The molecule has 3 atom stereocenters. The van der Waals surface area contributed by atoms with Crippen molar-refractivity contribution in [3.05, 3.63) is 59.6 Å². The SMILES string of the molecule is CC1(C)OC[C@@H](COc2nccc(NC(=O)C3(c4cccc(C(F)(F)F)c4)NC=C4C(=N[C@H]5CCN4C5)N3)n2)O1. The number of alkyl halides is 3. The van der Waals surface area contributed by atoms with E-state index in [1.54, 1.807) is 20.0 Å². The average Bonchev–Trinajstić information content (AvgIpc) is 3.48. The number of benzene rings is 1. The zero-order valence-electron chi connectivity index (χ0n) is 21.8. The molecule has 0 aliphatic carbocycles. The molecule has 2 fully saturated rings. The number of aromatic nitrogens is 2. The van der Waals surface area contributed by atoms with E-state index in [9.17, 15) is 18.0 Å². The topological polar surface area (TPSA) is 122 Å². The summed E-state index contributed by atoms with van der Waals surface area (Å²) in [6.45, 7) is 5.62. The maximum Gasteiger partial charge on any atom is 0.416 e. The van der Waals surface area contributed by atoms with Gasteiger partial charge in [0, 0.05) is 31.0 Å². The minimum absolute atomic E-state index is 0.00741. The number of anilines is 1. The highest BCUT2D eigenvalue weighted by Crippen LogP contribution is 2.35. The van der Waals surface area contributed by atoms with Crippen molar-refractivity contribution in [3.8, 4) is 6.01 Å². The van der Waals surface area contributed by atoms with Gasteiger partial charge in [-0.15, -0.1) is 0 Å². The number of hydrogen-bond donors (Lipinski definition) is 3. The van der Waals surface area contributed by atoms with Crippen molar-refractivity contribution in [1.29, 1.82) is 0 Å². The molecule has 1 aromatic heterocycles. The second-order valence-electron chi connectivity index (χ2n) is 10.4. The summed E-state index contributed by atoms with van der Waals surface area (Å²) in [5.41, 5.74) is -1.89. The van der Waals surface area contributed by atoms with Gasteiger partial charge in [0.25, 0.3) is 5.91 Å². The molecule has 0 spiro atoms. The number of nitrogens with one attached hydrogen (secondary N) is 3. The van der Waals surface area contributed by atoms with Crippen LogP contribution in [-0.4, -0.2) is 70.8 Å². The van der Waals surface area contributed by atoms with Gasteiger partial charge in [-0.1, -0.05) is 12.1 Å². The van der Waals surface area contributed by atoms with E-state index in [4.69, 9.17) is 19.2 Å². The number of fused-ring (bicyclic) bond motifs is 4. The maximum atomic E-state index is 13.9. The molecular formula is C26H28F3N7O4. The second kappa shape index (κ2) is 9.63. The predicted octanol–water partition coefficient (Wildman–Crippen LogP) is 2.34. The molecule has 1 aromatic carbocycles. The van der Waals surface area contributed by atoms with Crippen molar-refractivity contribution in [2.45, 2.75) is 50.0 Å². The van der Waals surface area contributed by atoms with Crippen molar-refractivity contribution in [2.75, 3.05) is 31.6 Å². The number of rotatable bonds is 6. The zero-order valence-corrected chi connectivity index (χ0v) is 21.8. The van der Waals surface area contributed by atoms with Crippen LogP contribution in [0.3, 0.4) is 0 Å². The molecule has 4 aliphatic heterocycles. The molecule has 40 heavy (non-hydrogen) atoms. The first-order chi connectivity index (χ1) is 19.0. The van der Waals surface area contributed by atoms with Crippen LogP contribution in [0.5, 0.6) is 6.01 Å². The summed E-state index contributed by atoms with van der Waals surface area (Å²) in [5.74, 6) is -0.876. The predicted molar refractivity (Wildman–Crippen MR) is 136 cm³/mol. The van der Waals surface area contributed by atoms with Gasteiger partial charge in [0.1, 0.15) is 24.4 Å². The van der Waals surface area contributed by atoms with E-state index in [-0.39, 0.29) is 36.1 Å². The Labute approximate surface area is 227 Å². The molecule has 4 aliphatic rings. The smallest absolute Gasteiger partial charge is 0.416 e. The number of aliphatic imine (C=N–C) groups is 1. The van der Waals surface area contributed by atoms with Gasteiger partial charge >= 0.3 is 12.2 Å². The largest absolute Gasteiger partial charge is 0.461 e. The monoisotopic (exact) mass is 559 g/mol. The van der Waals surface area contributed by atoms with Crippen molar-refractivity contribution >= 4 is 17.6 Å². The molecule has 2 aromatic rings. The van der Waals surface area contributed by atoms with Crippen LogP contribution >= 0.6 is 0 Å². The molecule has 1 unspecified atom stereocenters. The normalized spacial score (nSPS) is 26.7. The van der Waals surface area contributed by atoms with Crippen LogP contribution < -0.4 is 20.7 Å². The lowest BCUT2D eigenvalue weighted by atomic mass is 9.94. The molecular weight excluding hydrogens is 531 g/mol. The molecule has 2 saturated heterocycles. The summed E-state index contributed by atoms with van der Waals surface area (Å²) >= 11 is 0. The molecule has 6 rings (SSSR count). The third-order valence-electron chi connectivity index (χ3n) is 7.09. The number of carbonyl (C=O) groups excluding carboxylic acids is 1. The molecule has 2 bridgehead atoms. The first-order valence-corrected chi connectivity index (χ1v) is 12.9. The minimum Gasteiger partial charge on any atom is -0.461 e. The zero-order chi connectivity index (χ0) is 28.1. The molecule has 212 valence electrons. The molecule has 3 N–H and O–H groups in total. The quantitative estimate of drug-likeness (QED) is 0.490. The summed E-state index contributed by atoms with van der Waals surface area (Å²) < 4.78 is 57.8. The van der Waals surface area contributed by atoms with E-state index in [1.165, 1.54) is 24.4 Å². The Morgan fingerprint density at radius 1 is 1.30 bits per heavy atom. The highest BCUT2D eigenvalue weighted by molar-refractivity contribution is 6.07. The number of ether oxygens (including phenoxy) is 3. The van der Waals surface area contributed by atoms with Crippen LogP contribution in [0.4, 0.5) is 19.0 Å². The molecule has 11 nitrogen and oxygen atoms in total. The molecule has 0 radical (unpaired) electrons. The van der Waals surface area contributed by atoms with E-state index in [0.29, 0.717) is 12.4 Å². The van der Waals surface area contributed by atoms with E-state index < -0.39 is 29.1 Å². The van der Waals surface area contributed by atoms with E-state index in [1.807, 2.05) is 0 Å². The average molecular weight is 560 g/mol. The fourth-order valence-electron chi connectivity index (χ4n) is 5.15. The van der Waals surface area contributed by atoms with Crippen LogP contribution in [-0.2, 0) is 26.1 Å². The first kappa shape index (κ1) is 26.3. The Bertz CT molecular complexity index is 1380. The highest BCUT2D eigenvalue weighted by Gasteiger charge is 2.47. The van der Waals surface area contributed by atoms with E-state index in [0.717, 1.165) is 37.3 Å². The Kier molecular flexibility index (Phi) is 6.33. The Hall–Kier alpha value is -3.91. The number of amidine groups is 1. The first-order valence-electron chi connectivity index (χ1n) is 12.9. The number of nitrogens with zero attached hydrogens (tertiary/aromatic N) is 4. The van der Waals surface area contributed by atoms with Crippen LogP contribution in [0.1, 0.15) is 31.4 Å². The Morgan fingerprint density at radius 3 is 2.92 bits per heavy atom. The molecule has 5 heterocycles. The summed E-state index contributed by atoms with van der Waals surface area (Å²) in [7, 11) is 0. The van der Waals surface area contributed by atoms with Crippen molar-refractivity contribution in [2.24, 2.45) is 4.99 Å². The summed E-state index contributed by atoms with van der Waals surface area (Å²) in [6, 6.07) is 6.10. The Balaban J connectivity index is 1.27.